The Morgan fingerprint density at radius 2 is 2.33 bits per heavy atom. The standard InChI is InChI=1S/C11H9NO3S3/c1-6(10(14)15)12-9(13)8(18-11(12)16)5-7-3-2-4-17-7/h2-6H,1H3,(H,14,15)/p-1/t6-/m1/s1. The van der Waals surface area contributed by atoms with E-state index in [0.717, 1.165) is 21.5 Å². The first kappa shape index (κ1) is 13.3. The summed E-state index contributed by atoms with van der Waals surface area (Å²) in [5.74, 6) is -1.70. The van der Waals surface area contributed by atoms with Crippen molar-refractivity contribution in [1.29, 1.82) is 0 Å². The van der Waals surface area contributed by atoms with Crippen molar-refractivity contribution in [3.05, 3.63) is 27.3 Å². The van der Waals surface area contributed by atoms with E-state index in [1.807, 2.05) is 17.5 Å². The molecular weight excluding hydrogens is 290 g/mol. The van der Waals surface area contributed by atoms with Crippen molar-refractivity contribution in [3.63, 3.8) is 0 Å². The SMILES string of the molecule is C[C@H](C(=O)[O-])N1C(=O)C(=Cc2cccs2)SC1=S. The van der Waals surface area contributed by atoms with Crippen LogP contribution in [-0.2, 0) is 9.59 Å². The van der Waals surface area contributed by atoms with E-state index in [2.05, 4.69) is 0 Å². The molecule has 2 heterocycles. The first-order valence-corrected chi connectivity index (χ1v) is 7.12. The smallest absolute Gasteiger partial charge is 0.266 e. The maximum absolute atomic E-state index is 12.1. The van der Waals surface area contributed by atoms with Gasteiger partial charge in [-0.2, -0.15) is 0 Å². The molecule has 0 spiro atoms. The molecule has 2 rings (SSSR count). The molecule has 0 unspecified atom stereocenters. The number of nitrogens with zero attached hydrogens (tertiary/aromatic N) is 1. The Labute approximate surface area is 117 Å². The van der Waals surface area contributed by atoms with Gasteiger partial charge in [-0.25, -0.2) is 0 Å². The average Bonchev–Trinajstić information content (AvgIpc) is 2.88. The summed E-state index contributed by atoms with van der Waals surface area (Å²) in [6, 6.07) is 2.70. The fourth-order valence-corrected chi connectivity index (χ4v) is 3.56. The Balaban J connectivity index is 2.27. The van der Waals surface area contributed by atoms with E-state index in [9.17, 15) is 14.7 Å². The van der Waals surface area contributed by atoms with Gasteiger partial charge in [0.15, 0.2) is 0 Å². The number of aliphatic carboxylic acids is 1. The lowest BCUT2D eigenvalue weighted by molar-refractivity contribution is -0.309. The molecule has 1 aliphatic rings. The molecular formula is C11H8NO3S3-. The number of thiophene rings is 1. The van der Waals surface area contributed by atoms with Crippen LogP contribution in [0.15, 0.2) is 22.4 Å². The van der Waals surface area contributed by atoms with E-state index < -0.39 is 12.0 Å². The average molecular weight is 298 g/mol. The molecule has 1 aromatic heterocycles. The Morgan fingerprint density at radius 1 is 1.61 bits per heavy atom. The van der Waals surface area contributed by atoms with Crippen LogP contribution in [0.2, 0.25) is 0 Å². The largest absolute Gasteiger partial charge is 0.548 e. The fourth-order valence-electron chi connectivity index (χ4n) is 1.42. The van der Waals surface area contributed by atoms with Crippen LogP contribution in [0.3, 0.4) is 0 Å². The zero-order valence-corrected chi connectivity index (χ0v) is 11.7. The summed E-state index contributed by atoms with van der Waals surface area (Å²) in [4.78, 5) is 25.3. The van der Waals surface area contributed by atoms with Crippen molar-refractivity contribution < 1.29 is 14.7 Å². The van der Waals surface area contributed by atoms with E-state index in [1.165, 1.54) is 18.3 Å². The van der Waals surface area contributed by atoms with Crippen LogP contribution in [0, 0.1) is 0 Å². The normalized spacial score (nSPS) is 19.6. The quantitative estimate of drug-likeness (QED) is 0.617. The third kappa shape index (κ3) is 2.47. The highest BCUT2D eigenvalue weighted by atomic mass is 32.2. The number of carboxylic acid groups (broad SMARTS) is 1. The van der Waals surface area contributed by atoms with Gasteiger partial charge in [0, 0.05) is 4.88 Å². The highest BCUT2D eigenvalue weighted by Crippen LogP contribution is 2.34. The van der Waals surface area contributed by atoms with Crippen molar-refractivity contribution in [2.45, 2.75) is 13.0 Å². The van der Waals surface area contributed by atoms with Crippen LogP contribution >= 0.6 is 35.3 Å². The number of carbonyl (C=O) groups is 2. The lowest BCUT2D eigenvalue weighted by Gasteiger charge is -2.23. The highest BCUT2D eigenvalue weighted by Gasteiger charge is 2.35. The molecule has 0 aromatic carbocycles. The van der Waals surface area contributed by atoms with Crippen LogP contribution in [0.25, 0.3) is 6.08 Å². The number of thiocarbonyl (C=S) groups is 1. The van der Waals surface area contributed by atoms with Gasteiger partial charge in [-0.3, -0.25) is 9.69 Å². The minimum absolute atomic E-state index is 0.250. The molecule has 0 saturated carbocycles. The van der Waals surface area contributed by atoms with Crippen LogP contribution in [-0.4, -0.2) is 27.1 Å². The summed E-state index contributed by atoms with van der Waals surface area (Å²) in [7, 11) is 0. The Morgan fingerprint density at radius 3 is 2.89 bits per heavy atom. The van der Waals surface area contributed by atoms with E-state index >= 15 is 0 Å². The Hall–Kier alpha value is -1.18. The van der Waals surface area contributed by atoms with Gasteiger partial charge in [0.05, 0.1) is 16.9 Å². The van der Waals surface area contributed by atoms with Crippen LogP contribution in [0.1, 0.15) is 11.8 Å². The van der Waals surface area contributed by atoms with E-state index in [1.54, 1.807) is 6.08 Å². The summed E-state index contributed by atoms with van der Waals surface area (Å²) in [6.45, 7) is 1.38. The highest BCUT2D eigenvalue weighted by molar-refractivity contribution is 8.26. The fraction of sp³-hybridized carbons (Fsp3) is 0.182. The second kappa shape index (κ2) is 5.21. The van der Waals surface area contributed by atoms with Gasteiger partial charge in [0.25, 0.3) is 5.91 Å². The first-order valence-electron chi connectivity index (χ1n) is 5.02. The molecule has 18 heavy (non-hydrogen) atoms. The Bertz CT molecular complexity index is 536. The zero-order valence-electron chi connectivity index (χ0n) is 9.28. The molecule has 0 radical (unpaired) electrons. The maximum Gasteiger partial charge on any atom is 0.266 e. The molecule has 1 atom stereocenters. The van der Waals surface area contributed by atoms with Crippen LogP contribution in [0.5, 0.6) is 0 Å². The molecule has 1 saturated heterocycles. The van der Waals surface area contributed by atoms with Crippen LogP contribution in [0.4, 0.5) is 0 Å². The molecule has 1 aromatic rings. The number of hydrogen-bond acceptors (Lipinski definition) is 6. The van der Waals surface area contributed by atoms with Crippen molar-refractivity contribution in [2.24, 2.45) is 0 Å². The van der Waals surface area contributed by atoms with Crippen molar-refractivity contribution in [2.75, 3.05) is 0 Å². The van der Waals surface area contributed by atoms with Gasteiger partial charge in [-0.15, -0.1) is 11.3 Å². The summed E-state index contributed by atoms with van der Waals surface area (Å²) in [5, 5.41) is 12.7. The topological polar surface area (TPSA) is 60.4 Å². The van der Waals surface area contributed by atoms with Gasteiger partial charge in [0.1, 0.15) is 4.32 Å². The predicted octanol–water partition coefficient (Wildman–Crippen LogP) is 1.09. The maximum atomic E-state index is 12.1. The summed E-state index contributed by atoms with van der Waals surface area (Å²) in [5.41, 5.74) is 0. The monoisotopic (exact) mass is 298 g/mol. The van der Waals surface area contributed by atoms with Gasteiger partial charge in [-0.1, -0.05) is 30.0 Å². The molecule has 4 nitrogen and oxygen atoms in total. The second-order valence-corrected chi connectivity index (χ2v) is 6.22. The molecule has 0 bridgehead atoms. The lowest BCUT2D eigenvalue weighted by Crippen LogP contribution is -2.48. The third-order valence-corrected chi connectivity index (χ3v) is 4.52. The number of thioether (sulfide) groups is 1. The number of rotatable bonds is 3. The molecule has 94 valence electrons. The molecule has 0 N–H and O–H groups in total. The van der Waals surface area contributed by atoms with Gasteiger partial charge in [0.2, 0.25) is 0 Å². The van der Waals surface area contributed by atoms with E-state index in [-0.39, 0.29) is 10.2 Å². The molecule has 7 heteroatoms. The van der Waals surface area contributed by atoms with Crippen LogP contribution < -0.4 is 5.11 Å². The predicted molar refractivity (Wildman–Crippen MR) is 73.8 cm³/mol. The number of hydrogen-bond donors (Lipinski definition) is 0. The lowest BCUT2D eigenvalue weighted by atomic mass is 10.3. The van der Waals surface area contributed by atoms with Crippen molar-refractivity contribution >= 4 is 57.6 Å². The summed E-state index contributed by atoms with van der Waals surface area (Å²) >= 11 is 7.63. The van der Waals surface area contributed by atoms with Crippen molar-refractivity contribution in [1.82, 2.24) is 4.90 Å². The van der Waals surface area contributed by atoms with E-state index in [0.29, 0.717) is 4.91 Å². The number of amides is 1. The number of carbonyl (C=O) groups excluding carboxylic acids is 2. The minimum Gasteiger partial charge on any atom is -0.548 e. The molecule has 0 aliphatic carbocycles. The van der Waals surface area contributed by atoms with Gasteiger partial charge in [-0.05, 0) is 24.4 Å². The molecule has 1 aliphatic heterocycles. The number of carboxylic acids is 1. The van der Waals surface area contributed by atoms with Gasteiger partial charge < -0.3 is 9.90 Å². The Kier molecular flexibility index (Phi) is 3.84. The summed E-state index contributed by atoms with van der Waals surface area (Å²) in [6.07, 6.45) is 1.71. The van der Waals surface area contributed by atoms with Gasteiger partial charge >= 0.3 is 0 Å². The van der Waals surface area contributed by atoms with E-state index in [4.69, 9.17) is 12.2 Å². The minimum atomic E-state index is -1.32. The summed E-state index contributed by atoms with van der Waals surface area (Å²) < 4.78 is 0.250. The zero-order chi connectivity index (χ0) is 13.3. The van der Waals surface area contributed by atoms with Crippen molar-refractivity contribution in [3.8, 4) is 0 Å². The molecule has 1 fully saturated rings. The second-order valence-electron chi connectivity index (χ2n) is 3.56. The first-order chi connectivity index (χ1) is 8.50. The molecule has 1 amide bonds. The third-order valence-electron chi connectivity index (χ3n) is 2.37.